The Kier molecular flexibility index (Phi) is 5.18. The number of nitrogens with zero attached hydrogens (tertiary/aromatic N) is 2. The van der Waals surface area contributed by atoms with Gasteiger partial charge in [-0.3, -0.25) is 4.79 Å². The fraction of sp³-hybridized carbons (Fsp3) is 0.167. The van der Waals surface area contributed by atoms with Crippen LogP contribution in [0.5, 0.6) is 11.5 Å². The topological polar surface area (TPSA) is 65.4 Å². The lowest BCUT2D eigenvalue weighted by atomic mass is 10.1. The molecule has 0 aliphatic carbocycles. The molecular weight excluding hydrogens is 410 g/mol. The normalized spacial score (nSPS) is 12.5. The van der Waals surface area contributed by atoms with Crippen LogP contribution in [0.1, 0.15) is 21.1 Å². The Hall–Kier alpha value is -3.58. The highest BCUT2D eigenvalue weighted by Crippen LogP contribution is 2.37. The molecule has 0 fully saturated rings. The van der Waals surface area contributed by atoms with Crippen molar-refractivity contribution in [2.75, 3.05) is 18.5 Å². The number of nitrogens with one attached hydrogen (secondary N) is 1. The summed E-state index contributed by atoms with van der Waals surface area (Å²) >= 11 is 1.45. The van der Waals surface area contributed by atoms with Gasteiger partial charge in [0, 0.05) is 29.5 Å². The van der Waals surface area contributed by atoms with Gasteiger partial charge in [-0.15, -0.1) is 11.3 Å². The van der Waals surface area contributed by atoms with Crippen molar-refractivity contribution in [3.8, 4) is 21.9 Å². The standard InChI is InChI=1S/C24H21N3O3S/c1-16-25-10-11-27(16)15-17-2-5-19(6-3-17)26-24(28)23-9-8-22(31-23)18-4-7-20-21(14-18)30-13-12-29-20/h2-11,14H,12-13,15H2,1H3,(H,26,28). The van der Waals surface area contributed by atoms with Gasteiger partial charge in [-0.05, 0) is 60.5 Å². The molecule has 1 N–H and O–H groups in total. The minimum absolute atomic E-state index is 0.119. The van der Waals surface area contributed by atoms with Crippen molar-refractivity contribution < 1.29 is 14.3 Å². The molecule has 1 aliphatic rings. The van der Waals surface area contributed by atoms with E-state index in [1.54, 1.807) is 6.20 Å². The molecular formula is C24H21N3O3S. The minimum atomic E-state index is -0.119. The number of benzene rings is 2. The van der Waals surface area contributed by atoms with Crippen LogP contribution in [0.4, 0.5) is 5.69 Å². The van der Waals surface area contributed by atoms with E-state index in [0.29, 0.717) is 18.1 Å². The second kappa shape index (κ2) is 8.28. The number of imidazole rings is 1. The smallest absolute Gasteiger partial charge is 0.265 e. The highest BCUT2D eigenvalue weighted by molar-refractivity contribution is 7.17. The van der Waals surface area contributed by atoms with E-state index in [-0.39, 0.29) is 5.91 Å². The van der Waals surface area contributed by atoms with E-state index in [2.05, 4.69) is 14.9 Å². The maximum absolute atomic E-state index is 12.7. The second-order valence-electron chi connectivity index (χ2n) is 7.28. The van der Waals surface area contributed by atoms with E-state index in [1.807, 2.05) is 67.7 Å². The van der Waals surface area contributed by atoms with E-state index in [9.17, 15) is 4.79 Å². The summed E-state index contributed by atoms with van der Waals surface area (Å²) in [5, 5.41) is 2.98. The van der Waals surface area contributed by atoms with E-state index < -0.39 is 0 Å². The van der Waals surface area contributed by atoms with Crippen LogP contribution in [0.25, 0.3) is 10.4 Å². The van der Waals surface area contributed by atoms with Crippen LogP contribution < -0.4 is 14.8 Å². The molecule has 4 aromatic rings. The molecule has 7 heteroatoms. The Labute approximate surface area is 184 Å². The Morgan fingerprint density at radius 3 is 2.65 bits per heavy atom. The van der Waals surface area contributed by atoms with Crippen molar-refractivity contribution in [2.24, 2.45) is 0 Å². The SMILES string of the molecule is Cc1nccn1Cc1ccc(NC(=O)c2ccc(-c3ccc4c(c3)OCCO4)s2)cc1. The van der Waals surface area contributed by atoms with Crippen molar-refractivity contribution >= 4 is 22.9 Å². The molecule has 3 heterocycles. The van der Waals surface area contributed by atoms with Crippen LogP contribution in [0, 0.1) is 6.92 Å². The van der Waals surface area contributed by atoms with Gasteiger partial charge in [-0.1, -0.05) is 12.1 Å². The number of carbonyl (C=O) groups excluding carboxylic acids is 1. The van der Waals surface area contributed by atoms with E-state index in [0.717, 1.165) is 45.6 Å². The Bertz CT molecular complexity index is 1230. The van der Waals surface area contributed by atoms with Gasteiger partial charge in [-0.2, -0.15) is 0 Å². The maximum Gasteiger partial charge on any atom is 0.265 e. The minimum Gasteiger partial charge on any atom is -0.486 e. The molecule has 1 aliphatic heterocycles. The first-order valence-electron chi connectivity index (χ1n) is 10.0. The molecule has 0 saturated carbocycles. The molecule has 0 spiro atoms. The summed E-state index contributed by atoms with van der Waals surface area (Å²) in [5.74, 6) is 2.36. The van der Waals surface area contributed by atoms with Crippen molar-refractivity contribution in [3.63, 3.8) is 0 Å². The van der Waals surface area contributed by atoms with Crippen molar-refractivity contribution in [2.45, 2.75) is 13.5 Å². The first-order valence-corrected chi connectivity index (χ1v) is 10.9. The molecule has 6 nitrogen and oxygen atoms in total. The number of thiophene rings is 1. The van der Waals surface area contributed by atoms with Crippen LogP contribution in [0.3, 0.4) is 0 Å². The zero-order valence-corrected chi connectivity index (χ0v) is 17.8. The molecule has 2 aromatic heterocycles. The third kappa shape index (κ3) is 4.18. The Balaban J connectivity index is 1.26. The van der Waals surface area contributed by atoms with Crippen LogP contribution >= 0.6 is 11.3 Å². The molecule has 31 heavy (non-hydrogen) atoms. The quantitative estimate of drug-likeness (QED) is 0.483. The summed E-state index contributed by atoms with van der Waals surface area (Å²) in [6, 6.07) is 17.6. The number of carbonyl (C=O) groups is 1. The predicted octanol–water partition coefficient (Wildman–Crippen LogP) is 4.99. The van der Waals surface area contributed by atoms with E-state index >= 15 is 0 Å². The maximum atomic E-state index is 12.7. The fourth-order valence-electron chi connectivity index (χ4n) is 3.47. The molecule has 0 radical (unpaired) electrons. The van der Waals surface area contributed by atoms with Gasteiger partial charge < -0.3 is 19.4 Å². The van der Waals surface area contributed by atoms with Gasteiger partial charge in [0.1, 0.15) is 19.0 Å². The number of aromatic nitrogens is 2. The van der Waals surface area contributed by atoms with Gasteiger partial charge in [0.15, 0.2) is 11.5 Å². The molecule has 156 valence electrons. The van der Waals surface area contributed by atoms with Gasteiger partial charge >= 0.3 is 0 Å². The number of aryl methyl sites for hydroxylation is 1. The number of fused-ring (bicyclic) bond motifs is 1. The molecule has 2 aromatic carbocycles. The molecule has 0 saturated heterocycles. The number of rotatable bonds is 5. The summed E-state index contributed by atoms with van der Waals surface area (Å²) in [6.07, 6.45) is 3.76. The number of ether oxygens (including phenoxy) is 2. The van der Waals surface area contributed by atoms with E-state index in [1.165, 1.54) is 11.3 Å². The third-order valence-electron chi connectivity index (χ3n) is 5.14. The van der Waals surface area contributed by atoms with Gasteiger partial charge in [0.25, 0.3) is 5.91 Å². The monoisotopic (exact) mass is 431 g/mol. The summed E-state index contributed by atoms with van der Waals surface area (Å²) in [4.78, 5) is 18.6. The zero-order valence-electron chi connectivity index (χ0n) is 17.0. The Morgan fingerprint density at radius 2 is 1.87 bits per heavy atom. The van der Waals surface area contributed by atoms with Crippen molar-refractivity contribution in [3.05, 3.63) is 83.3 Å². The lowest BCUT2D eigenvalue weighted by Crippen LogP contribution is -2.15. The zero-order chi connectivity index (χ0) is 21.2. The van der Waals surface area contributed by atoms with Crippen LogP contribution in [-0.2, 0) is 6.54 Å². The number of amides is 1. The summed E-state index contributed by atoms with van der Waals surface area (Å²) in [6.45, 7) is 3.86. The first kappa shape index (κ1) is 19.4. The van der Waals surface area contributed by atoms with Crippen molar-refractivity contribution in [1.29, 1.82) is 0 Å². The largest absolute Gasteiger partial charge is 0.486 e. The molecule has 0 atom stereocenters. The van der Waals surface area contributed by atoms with Crippen LogP contribution in [-0.4, -0.2) is 28.7 Å². The van der Waals surface area contributed by atoms with E-state index in [4.69, 9.17) is 9.47 Å². The summed E-state index contributed by atoms with van der Waals surface area (Å²) in [5.41, 5.74) is 2.92. The molecule has 5 rings (SSSR count). The first-order chi connectivity index (χ1) is 15.2. The summed E-state index contributed by atoms with van der Waals surface area (Å²) in [7, 11) is 0. The lowest BCUT2D eigenvalue weighted by Gasteiger charge is -2.18. The third-order valence-corrected chi connectivity index (χ3v) is 6.28. The Morgan fingerprint density at radius 1 is 1.06 bits per heavy atom. The molecule has 1 amide bonds. The molecule has 0 unspecified atom stereocenters. The molecule has 0 bridgehead atoms. The number of hydrogen-bond donors (Lipinski definition) is 1. The van der Waals surface area contributed by atoms with Crippen LogP contribution in [0.2, 0.25) is 0 Å². The number of anilines is 1. The van der Waals surface area contributed by atoms with Gasteiger partial charge in [-0.25, -0.2) is 4.98 Å². The highest BCUT2D eigenvalue weighted by Gasteiger charge is 2.15. The second-order valence-corrected chi connectivity index (χ2v) is 8.36. The fourth-order valence-corrected chi connectivity index (χ4v) is 4.36. The predicted molar refractivity (Wildman–Crippen MR) is 121 cm³/mol. The van der Waals surface area contributed by atoms with Gasteiger partial charge in [0.05, 0.1) is 4.88 Å². The lowest BCUT2D eigenvalue weighted by molar-refractivity contribution is 0.103. The average Bonchev–Trinajstić information content (AvgIpc) is 3.44. The van der Waals surface area contributed by atoms with Crippen LogP contribution in [0.15, 0.2) is 67.0 Å². The summed E-state index contributed by atoms with van der Waals surface area (Å²) < 4.78 is 13.3. The van der Waals surface area contributed by atoms with Gasteiger partial charge in [0.2, 0.25) is 0 Å². The highest BCUT2D eigenvalue weighted by atomic mass is 32.1. The van der Waals surface area contributed by atoms with Crippen molar-refractivity contribution in [1.82, 2.24) is 9.55 Å². The number of hydrogen-bond acceptors (Lipinski definition) is 5. The average molecular weight is 432 g/mol.